The molecule has 72 valence electrons. The van der Waals surface area contributed by atoms with Crippen molar-refractivity contribution in [3.8, 4) is 0 Å². The van der Waals surface area contributed by atoms with Crippen LogP contribution in [0.15, 0.2) is 22.8 Å². The molecule has 1 heterocycles. The molecule has 0 aliphatic heterocycles. The third-order valence-electron chi connectivity index (χ3n) is 2.84. The Balaban J connectivity index is 1.92. The highest BCUT2D eigenvalue weighted by atomic mass is 16.3. The van der Waals surface area contributed by atoms with Gasteiger partial charge >= 0.3 is 0 Å². The summed E-state index contributed by atoms with van der Waals surface area (Å²) in [4.78, 5) is 0. The quantitative estimate of drug-likeness (QED) is 0.768. The molecule has 0 radical (unpaired) electrons. The molecule has 1 N–H and O–H groups in total. The fourth-order valence-corrected chi connectivity index (χ4v) is 1.75. The van der Waals surface area contributed by atoms with E-state index in [0.29, 0.717) is 6.04 Å². The molecule has 1 fully saturated rings. The fourth-order valence-electron chi connectivity index (χ4n) is 1.75. The van der Waals surface area contributed by atoms with E-state index in [0.717, 1.165) is 18.2 Å². The number of nitrogens with one attached hydrogen (secondary N) is 1. The monoisotopic (exact) mass is 179 g/mol. The van der Waals surface area contributed by atoms with Gasteiger partial charge in [-0.1, -0.05) is 13.3 Å². The minimum atomic E-state index is 0.417. The normalized spacial score (nSPS) is 19.8. The fraction of sp³-hybridized carbons (Fsp3) is 0.636. The summed E-state index contributed by atoms with van der Waals surface area (Å²) in [6.45, 7) is 2.19. The van der Waals surface area contributed by atoms with E-state index in [-0.39, 0.29) is 0 Å². The first-order valence-corrected chi connectivity index (χ1v) is 5.19. The first kappa shape index (κ1) is 8.82. The highest BCUT2D eigenvalue weighted by Gasteiger charge is 2.22. The molecule has 1 atom stereocenters. The minimum absolute atomic E-state index is 0.417. The summed E-state index contributed by atoms with van der Waals surface area (Å²) in [6.07, 6.45) is 6.89. The summed E-state index contributed by atoms with van der Waals surface area (Å²) >= 11 is 0. The van der Waals surface area contributed by atoms with E-state index >= 15 is 0 Å². The van der Waals surface area contributed by atoms with Gasteiger partial charge in [-0.15, -0.1) is 0 Å². The van der Waals surface area contributed by atoms with E-state index in [1.807, 2.05) is 6.07 Å². The summed E-state index contributed by atoms with van der Waals surface area (Å²) in [6, 6.07) is 5.16. The molecule has 1 saturated carbocycles. The Morgan fingerprint density at radius 2 is 2.46 bits per heavy atom. The zero-order chi connectivity index (χ0) is 9.10. The molecule has 0 bridgehead atoms. The van der Waals surface area contributed by atoms with Crippen LogP contribution in [0.2, 0.25) is 0 Å². The Morgan fingerprint density at radius 1 is 1.62 bits per heavy atom. The third-order valence-corrected chi connectivity index (χ3v) is 2.84. The Labute approximate surface area is 79.3 Å². The Kier molecular flexibility index (Phi) is 2.69. The second kappa shape index (κ2) is 3.97. The van der Waals surface area contributed by atoms with Crippen LogP contribution < -0.4 is 5.32 Å². The summed E-state index contributed by atoms with van der Waals surface area (Å²) in [5.74, 6) is 1.08. The van der Waals surface area contributed by atoms with E-state index in [1.54, 1.807) is 6.26 Å². The molecular weight excluding hydrogens is 162 g/mol. The van der Waals surface area contributed by atoms with Crippen molar-refractivity contribution in [2.75, 3.05) is 0 Å². The average molecular weight is 179 g/mol. The van der Waals surface area contributed by atoms with Crippen LogP contribution in [0.3, 0.4) is 0 Å². The van der Waals surface area contributed by atoms with Gasteiger partial charge in [-0.2, -0.15) is 0 Å². The van der Waals surface area contributed by atoms with Crippen LogP contribution in [-0.2, 0) is 0 Å². The number of hydrogen-bond acceptors (Lipinski definition) is 2. The molecule has 1 unspecified atom stereocenters. The van der Waals surface area contributed by atoms with Crippen molar-refractivity contribution in [3.05, 3.63) is 24.2 Å². The summed E-state index contributed by atoms with van der Waals surface area (Å²) in [5.41, 5.74) is 0. The van der Waals surface area contributed by atoms with Gasteiger partial charge in [0, 0.05) is 6.04 Å². The van der Waals surface area contributed by atoms with Gasteiger partial charge in [-0.25, -0.2) is 0 Å². The second-order valence-corrected chi connectivity index (χ2v) is 3.77. The molecule has 0 saturated heterocycles. The lowest BCUT2D eigenvalue weighted by Crippen LogP contribution is -2.37. The number of hydrogen-bond donors (Lipinski definition) is 1. The lowest BCUT2D eigenvalue weighted by Gasteiger charge is -2.30. The first-order chi connectivity index (χ1) is 6.40. The molecule has 1 aromatic rings. The van der Waals surface area contributed by atoms with Crippen molar-refractivity contribution in [1.29, 1.82) is 0 Å². The van der Waals surface area contributed by atoms with Crippen LogP contribution in [0.4, 0.5) is 0 Å². The van der Waals surface area contributed by atoms with Gasteiger partial charge in [0.1, 0.15) is 5.76 Å². The topological polar surface area (TPSA) is 25.2 Å². The van der Waals surface area contributed by atoms with Gasteiger partial charge in [0.15, 0.2) is 0 Å². The molecule has 2 rings (SSSR count). The van der Waals surface area contributed by atoms with Crippen LogP contribution in [0.25, 0.3) is 0 Å². The molecule has 1 aliphatic rings. The van der Waals surface area contributed by atoms with Crippen molar-refractivity contribution in [2.24, 2.45) is 0 Å². The van der Waals surface area contributed by atoms with E-state index < -0.39 is 0 Å². The largest absolute Gasteiger partial charge is 0.468 e. The van der Waals surface area contributed by atoms with Gasteiger partial charge in [0.2, 0.25) is 0 Å². The lowest BCUT2D eigenvalue weighted by molar-refractivity contribution is 0.281. The van der Waals surface area contributed by atoms with Gasteiger partial charge in [0.05, 0.1) is 12.3 Å². The standard InChI is InChI=1S/C11H17NO/c1-2-10(11-7-4-8-13-11)12-9-5-3-6-9/h4,7-10,12H,2-3,5-6H2,1H3. The lowest BCUT2D eigenvalue weighted by atomic mass is 9.92. The van der Waals surface area contributed by atoms with E-state index in [2.05, 4.69) is 18.3 Å². The van der Waals surface area contributed by atoms with Gasteiger partial charge < -0.3 is 9.73 Å². The predicted molar refractivity (Wildman–Crippen MR) is 52.5 cm³/mol. The summed E-state index contributed by atoms with van der Waals surface area (Å²) < 4.78 is 5.39. The number of rotatable bonds is 4. The zero-order valence-corrected chi connectivity index (χ0v) is 8.12. The van der Waals surface area contributed by atoms with Crippen molar-refractivity contribution < 1.29 is 4.42 Å². The van der Waals surface area contributed by atoms with E-state index in [9.17, 15) is 0 Å². The molecule has 1 aromatic heterocycles. The Hall–Kier alpha value is -0.760. The second-order valence-electron chi connectivity index (χ2n) is 3.77. The summed E-state index contributed by atoms with van der Waals surface area (Å²) in [7, 11) is 0. The van der Waals surface area contributed by atoms with Gasteiger partial charge in [-0.05, 0) is 31.4 Å². The number of furan rings is 1. The maximum Gasteiger partial charge on any atom is 0.120 e. The van der Waals surface area contributed by atoms with Crippen LogP contribution in [-0.4, -0.2) is 6.04 Å². The van der Waals surface area contributed by atoms with Crippen LogP contribution in [0.5, 0.6) is 0 Å². The van der Waals surface area contributed by atoms with Crippen LogP contribution in [0.1, 0.15) is 44.4 Å². The molecule has 2 heteroatoms. The molecule has 0 amide bonds. The zero-order valence-electron chi connectivity index (χ0n) is 8.12. The Bertz CT molecular complexity index is 239. The van der Waals surface area contributed by atoms with Crippen molar-refractivity contribution in [2.45, 2.75) is 44.7 Å². The first-order valence-electron chi connectivity index (χ1n) is 5.19. The van der Waals surface area contributed by atoms with Crippen molar-refractivity contribution >= 4 is 0 Å². The molecule has 2 nitrogen and oxygen atoms in total. The van der Waals surface area contributed by atoms with E-state index in [4.69, 9.17) is 4.42 Å². The smallest absolute Gasteiger partial charge is 0.120 e. The highest BCUT2D eigenvalue weighted by Crippen LogP contribution is 2.24. The minimum Gasteiger partial charge on any atom is -0.468 e. The highest BCUT2D eigenvalue weighted by molar-refractivity contribution is 5.04. The van der Waals surface area contributed by atoms with Crippen molar-refractivity contribution in [1.82, 2.24) is 5.32 Å². The molecule has 0 aromatic carbocycles. The molecule has 13 heavy (non-hydrogen) atoms. The third kappa shape index (κ3) is 1.94. The van der Waals surface area contributed by atoms with Gasteiger partial charge in [-0.3, -0.25) is 0 Å². The van der Waals surface area contributed by atoms with Crippen molar-refractivity contribution in [3.63, 3.8) is 0 Å². The maximum absolute atomic E-state index is 5.39. The molecule has 0 spiro atoms. The van der Waals surface area contributed by atoms with Crippen LogP contribution in [0, 0.1) is 0 Å². The molecule has 1 aliphatic carbocycles. The average Bonchev–Trinajstić information content (AvgIpc) is 2.55. The molecular formula is C11H17NO. The Morgan fingerprint density at radius 3 is 2.92 bits per heavy atom. The van der Waals surface area contributed by atoms with E-state index in [1.165, 1.54) is 19.3 Å². The van der Waals surface area contributed by atoms with Gasteiger partial charge in [0.25, 0.3) is 0 Å². The SMILES string of the molecule is CCC(NC1CCC1)c1ccco1. The maximum atomic E-state index is 5.39. The summed E-state index contributed by atoms with van der Waals surface area (Å²) in [5, 5.41) is 3.61. The van der Waals surface area contributed by atoms with Crippen LogP contribution >= 0.6 is 0 Å². The predicted octanol–water partition coefficient (Wildman–Crippen LogP) is 2.87.